The van der Waals surface area contributed by atoms with Gasteiger partial charge in [0.05, 0.1) is 19.3 Å². The van der Waals surface area contributed by atoms with E-state index in [2.05, 4.69) is 5.32 Å². The van der Waals surface area contributed by atoms with Crippen molar-refractivity contribution in [3.63, 3.8) is 0 Å². The number of nitrogens with one attached hydrogen (secondary N) is 1. The first-order valence-corrected chi connectivity index (χ1v) is 7.74. The van der Waals surface area contributed by atoms with Gasteiger partial charge in [-0.25, -0.2) is 0 Å². The number of carbonyl (C=O) groups is 2. The summed E-state index contributed by atoms with van der Waals surface area (Å²) in [5, 5.41) is 3.19. The zero-order valence-electron chi connectivity index (χ0n) is 13.8. The van der Waals surface area contributed by atoms with Crippen molar-refractivity contribution in [2.24, 2.45) is 0 Å². The first-order valence-electron chi connectivity index (χ1n) is 7.37. The highest BCUT2D eigenvalue weighted by Crippen LogP contribution is 2.27. The average molecular weight is 347 g/mol. The summed E-state index contributed by atoms with van der Waals surface area (Å²) in [6, 6.07) is 12.2. The van der Waals surface area contributed by atoms with Crippen LogP contribution >= 0.6 is 11.6 Å². The van der Waals surface area contributed by atoms with Crippen molar-refractivity contribution in [3.05, 3.63) is 58.6 Å². The summed E-state index contributed by atoms with van der Waals surface area (Å²) >= 11 is 5.94. The molecule has 0 saturated carbocycles. The maximum absolute atomic E-state index is 12.4. The third-order valence-corrected chi connectivity index (χ3v) is 3.77. The lowest BCUT2D eigenvalue weighted by Gasteiger charge is -2.18. The Hall–Kier alpha value is -2.53. The van der Waals surface area contributed by atoms with E-state index in [9.17, 15) is 9.59 Å². The quantitative estimate of drug-likeness (QED) is 0.903. The summed E-state index contributed by atoms with van der Waals surface area (Å²) in [6.45, 7) is 1.78. The summed E-state index contributed by atoms with van der Waals surface area (Å²) < 4.78 is 5.18. The molecular weight excluding hydrogens is 328 g/mol. The number of rotatable bonds is 5. The zero-order chi connectivity index (χ0) is 17.7. The molecule has 0 unspecified atom stereocenters. The molecule has 5 nitrogen and oxygen atoms in total. The number of ether oxygens (including phenoxy) is 1. The Kier molecular flexibility index (Phi) is 5.82. The van der Waals surface area contributed by atoms with Crippen LogP contribution in [0.3, 0.4) is 0 Å². The van der Waals surface area contributed by atoms with E-state index in [0.29, 0.717) is 22.0 Å². The Morgan fingerprint density at radius 2 is 1.92 bits per heavy atom. The van der Waals surface area contributed by atoms with Crippen molar-refractivity contribution in [1.82, 2.24) is 4.90 Å². The fourth-order valence-corrected chi connectivity index (χ4v) is 2.45. The molecule has 24 heavy (non-hydrogen) atoms. The minimum atomic E-state index is -0.333. The summed E-state index contributed by atoms with van der Waals surface area (Å²) in [6.07, 6.45) is 0. The number of carbonyl (C=O) groups excluding carboxylic acids is 2. The maximum atomic E-state index is 12.4. The predicted octanol–water partition coefficient (Wildman–Crippen LogP) is 3.37. The summed E-state index contributed by atoms with van der Waals surface area (Å²) in [5.74, 6) is -0.0399. The van der Waals surface area contributed by atoms with Crippen molar-refractivity contribution in [1.29, 1.82) is 0 Å². The first kappa shape index (κ1) is 17.8. The topological polar surface area (TPSA) is 58.6 Å². The minimum absolute atomic E-state index is 0.0805. The van der Waals surface area contributed by atoms with Gasteiger partial charge in [-0.3, -0.25) is 9.59 Å². The van der Waals surface area contributed by atoms with Crippen molar-refractivity contribution < 1.29 is 14.3 Å². The van der Waals surface area contributed by atoms with Crippen LogP contribution in [0.4, 0.5) is 5.69 Å². The van der Waals surface area contributed by atoms with Crippen molar-refractivity contribution >= 4 is 29.1 Å². The number of hydrogen-bond donors (Lipinski definition) is 1. The number of benzene rings is 2. The Morgan fingerprint density at radius 1 is 1.21 bits per heavy atom. The van der Waals surface area contributed by atoms with E-state index < -0.39 is 0 Å². The number of aryl methyl sites for hydroxylation is 1. The number of halogens is 1. The van der Waals surface area contributed by atoms with Gasteiger partial charge < -0.3 is 15.0 Å². The number of amides is 2. The van der Waals surface area contributed by atoms with E-state index in [4.69, 9.17) is 16.3 Å². The van der Waals surface area contributed by atoms with Gasteiger partial charge in [0.25, 0.3) is 5.91 Å². The molecule has 0 radical (unpaired) electrons. The van der Waals surface area contributed by atoms with E-state index in [0.717, 1.165) is 5.56 Å². The van der Waals surface area contributed by atoms with E-state index in [-0.39, 0.29) is 18.4 Å². The summed E-state index contributed by atoms with van der Waals surface area (Å²) in [7, 11) is 3.09. The average Bonchev–Trinajstić information content (AvgIpc) is 2.54. The molecule has 0 aliphatic heterocycles. The molecule has 1 N–H and O–H groups in total. The second-order valence-corrected chi connectivity index (χ2v) is 5.81. The largest absolute Gasteiger partial charge is 0.495 e. The lowest BCUT2D eigenvalue weighted by Crippen LogP contribution is -2.35. The van der Waals surface area contributed by atoms with Gasteiger partial charge in [-0.2, -0.15) is 0 Å². The van der Waals surface area contributed by atoms with Crippen molar-refractivity contribution in [3.8, 4) is 5.75 Å². The molecule has 126 valence electrons. The molecule has 0 aromatic heterocycles. The molecule has 0 fully saturated rings. The predicted molar refractivity (Wildman–Crippen MR) is 94.8 cm³/mol. The van der Waals surface area contributed by atoms with Gasteiger partial charge in [0, 0.05) is 17.6 Å². The molecule has 6 heteroatoms. The van der Waals surface area contributed by atoms with Gasteiger partial charge in [0.2, 0.25) is 5.91 Å². The van der Waals surface area contributed by atoms with Crippen LogP contribution in [0, 0.1) is 6.92 Å². The Bertz CT molecular complexity index is 762. The van der Waals surface area contributed by atoms with Crippen LogP contribution in [0.25, 0.3) is 0 Å². The van der Waals surface area contributed by atoms with Gasteiger partial charge in [-0.15, -0.1) is 0 Å². The molecule has 0 saturated heterocycles. The Balaban J connectivity index is 2.06. The highest BCUT2D eigenvalue weighted by atomic mass is 35.5. The lowest BCUT2D eigenvalue weighted by molar-refractivity contribution is -0.116. The van der Waals surface area contributed by atoms with Crippen LogP contribution in [0.2, 0.25) is 5.02 Å². The molecule has 0 heterocycles. The Morgan fingerprint density at radius 3 is 2.58 bits per heavy atom. The van der Waals surface area contributed by atoms with E-state index in [1.54, 1.807) is 37.4 Å². The van der Waals surface area contributed by atoms with Crippen molar-refractivity contribution in [2.75, 3.05) is 26.0 Å². The molecular formula is C18H19ClN2O3. The third-order valence-electron chi connectivity index (χ3n) is 3.54. The number of anilines is 1. The fraction of sp³-hybridized carbons (Fsp3) is 0.222. The number of nitrogens with zero attached hydrogens (tertiary/aromatic N) is 1. The van der Waals surface area contributed by atoms with Gasteiger partial charge in [-0.05, 0) is 36.8 Å². The van der Waals surface area contributed by atoms with E-state index in [1.807, 2.05) is 19.1 Å². The Labute approximate surface area is 146 Å². The molecule has 2 aromatic carbocycles. The standard InChI is InChI=1S/C18H19ClN2O3/c1-12-6-4-5-7-14(12)18(23)21(2)11-17(22)20-15-10-13(19)8-9-16(15)24-3/h4-10H,11H2,1-3H3,(H,20,22). The number of methoxy groups -OCH3 is 1. The smallest absolute Gasteiger partial charge is 0.254 e. The molecule has 0 aliphatic carbocycles. The maximum Gasteiger partial charge on any atom is 0.254 e. The fourth-order valence-electron chi connectivity index (χ4n) is 2.27. The third kappa shape index (κ3) is 4.26. The van der Waals surface area contributed by atoms with Gasteiger partial charge >= 0.3 is 0 Å². The molecule has 0 atom stereocenters. The van der Waals surface area contributed by atoms with Crippen LogP contribution in [0.1, 0.15) is 15.9 Å². The highest BCUT2D eigenvalue weighted by molar-refractivity contribution is 6.31. The first-order chi connectivity index (χ1) is 11.4. The second-order valence-electron chi connectivity index (χ2n) is 5.37. The van der Waals surface area contributed by atoms with Crippen LogP contribution < -0.4 is 10.1 Å². The van der Waals surface area contributed by atoms with Crippen molar-refractivity contribution in [2.45, 2.75) is 6.92 Å². The molecule has 2 aromatic rings. The van der Waals surface area contributed by atoms with E-state index in [1.165, 1.54) is 12.0 Å². The van der Waals surface area contributed by atoms with Gasteiger partial charge in [0.1, 0.15) is 5.75 Å². The second kappa shape index (κ2) is 7.84. The molecule has 2 amide bonds. The van der Waals surface area contributed by atoms with E-state index >= 15 is 0 Å². The molecule has 0 aliphatic rings. The van der Waals surface area contributed by atoms with Gasteiger partial charge in [0.15, 0.2) is 0 Å². The highest BCUT2D eigenvalue weighted by Gasteiger charge is 2.17. The van der Waals surface area contributed by atoms with Gasteiger partial charge in [-0.1, -0.05) is 29.8 Å². The van der Waals surface area contributed by atoms with Crippen LogP contribution in [0.15, 0.2) is 42.5 Å². The molecule has 0 bridgehead atoms. The minimum Gasteiger partial charge on any atom is -0.495 e. The van der Waals surface area contributed by atoms with Crippen LogP contribution in [-0.2, 0) is 4.79 Å². The number of likely N-dealkylation sites (N-methyl/N-ethyl adjacent to an activating group) is 1. The van der Waals surface area contributed by atoms with Crippen LogP contribution in [0.5, 0.6) is 5.75 Å². The number of hydrogen-bond acceptors (Lipinski definition) is 3. The summed E-state index contributed by atoms with van der Waals surface area (Å²) in [5.41, 5.74) is 1.91. The zero-order valence-corrected chi connectivity index (χ0v) is 14.6. The lowest BCUT2D eigenvalue weighted by atomic mass is 10.1. The monoisotopic (exact) mass is 346 g/mol. The summed E-state index contributed by atoms with van der Waals surface area (Å²) in [4.78, 5) is 26.0. The van der Waals surface area contributed by atoms with Crippen LogP contribution in [-0.4, -0.2) is 37.4 Å². The SMILES string of the molecule is COc1ccc(Cl)cc1NC(=O)CN(C)C(=O)c1ccccc1C. The molecule has 2 rings (SSSR count). The molecule has 0 spiro atoms. The normalized spacial score (nSPS) is 10.2.